The Balaban J connectivity index is 2.40. The van der Waals surface area contributed by atoms with E-state index in [-0.39, 0.29) is 22.0 Å². The van der Waals surface area contributed by atoms with E-state index in [2.05, 4.69) is 5.32 Å². The topological polar surface area (TPSA) is 115 Å². The van der Waals surface area contributed by atoms with Gasteiger partial charge in [0.1, 0.15) is 11.3 Å². The van der Waals surface area contributed by atoms with Crippen molar-refractivity contribution in [3.05, 3.63) is 73.3 Å². The molecule has 0 saturated carbocycles. The average Bonchev–Trinajstić information content (AvgIpc) is 2.47. The molecule has 0 atom stereocenters. The lowest BCUT2D eigenvalue weighted by Gasteiger charge is -2.06. The second-order valence-corrected chi connectivity index (χ2v) is 4.58. The van der Waals surface area contributed by atoms with Crippen molar-refractivity contribution in [1.82, 2.24) is 0 Å². The summed E-state index contributed by atoms with van der Waals surface area (Å²) >= 11 is 5.74. The second-order valence-electron chi connectivity index (χ2n) is 4.15. The van der Waals surface area contributed by atoms with Crippen LogP contribution in [0.15, 0.2) is 42.5 Å². The number of halogens is 1. The average molecular weight is 322 g/mol. The van der Waals surface area contributed by atoms with Gasteiger partial charge >= 0.3 is 0 Å². The standard InChI is InChI=1S/C13H8ClN3O5/c14-8-5-6-11(16(19)20)9(7-8)13(18)15-10-3-1-2-4-12(10)17(21)22/h1-7H,(H,15,18). The minimum absolute atomic E-state index is 0.0632. The van der Waals surface area contributed by atoms with Crippen LogP contribution in [0.4, 0.5) is 17.1 Å². The van der Waals surface area contributed by atoms with Crippen LogP contribution in [0.5, 0.6) is 0 Å². The van der Waals surface area contributed by atoms with Crippen molar-refractivity contribution in [2.45, 2.75) is 0 Å². The van der Waals surface area contributed by atoms with E-state index < -0.39 is 21.4 Å². The van der Waals surface area contributed by atoms with Crippen LogP contribution in [0.3, 0.4) is 0 Å². The first-order chi connectivity index (χ1) is 10.4. The first-order valence-electron chi connectivity index (χ1n) is 5.89. The van der Waals surface area contributed by atoms with Crippen molar-refractivity contribution in [2.75, 3.05) is 5.32 Å². The molecule has 0 aliphatic carbocycles. The van der Waals surface area contributed by atoms with Crippen LogP contribution < -0.4 is 5.32 Å². The molecule has 2 aromatic rings. The zero-order chi connectivity index (χ0) is 16.3. The highest BCUT2D eigenvalue weighted by molar-refractivity contribution is 6.31. The summed E-state index contributed by atoms with van der Waals surface area (Å²) < 4.78 is 0. The predicted molar refractivity (Wildman–Crippen MR) is 79.2 cm³/mol. The molecular weight excluding hydrogens is 314 g/mol. The van der Waals surface area contributed by atoms with Crippen molar-refractivity contribution < 1.29 is 14.6 Å². The molecular formula is C13H8ClN3O5. The maximum absolute atomic E-state index is 12.2. The number of para-hydroxylation sites is 2. The largest absolute Gasteiger partial charge is 0.316 e. The lowest BCUT2D eigenvalue weighted by molar-refractivity contribution is -0.385. The van der Waals surface area contributed by atoms with Gasteiger partial charge < -0.3 is 5.32 Å². The molecule has 0 fully saturated rings. The Morgan fingerprint density at radius 2 is 1.64 bits per heavy atom. The van der Waals surface area contributed by atoms with Crippen LogP contribution in [0.25, 0.3) is 0 Å². The fraction of sp³-hybridized carbons (Fsp3) is 0. The van der Waals surface area contributed by atoms with Crippen molar-refractivity contribution in [2.24, 2.45) is 0 Å². The SMILES string of the molecule is O=C(Nc1ccccc1[N+](=O)[O-])c1cc(Cl)ccc1[N+](=O)[O-]. The molecule has 0 bridgehead atoms. The summed E-state index contributed by atoms with van der Waals surface area (Å²) in [5, 5.41) is 24.3. The van der Waals surface area contributed by atoms with E-state index in [1.165, 1.54) is 30.3 Å². The third-order valence-corrected chi connectivity index (χ3v) is 2.98. The van der Waals surface area contributed by atoms with Gasteiger partial charge in [-0.15, -0.1) is 0 Å². The number of nitrogens with zero attached hydrogens (tertiary/aromatic N) is 2. The molecule has 0 saturated heterocycles. The Bertz CT molecular complexity index is 778. The number of nitro benzene ring substituents is 2. The van der Waals surface area contributed by atoms with Gasteiger partial charge in [0.25, 0.3) is 17.3 Å². The molecule has 22 heavy (non-hydrogen) atoms. The Morgan fingerprint density at radius 1 is 1.00 bits per heavy atom. The molecule has 1 amide bonds. The monoisotopic (exact) mass is 321 g/mol. The summed E-state index contributed by atoms with van der Waals surface area (Å²) in [6, 6.07) is 8.97. The minimum Gasteiger partial charge on any atom is -0.316 e. The van der Waals surface area contributed by atoms with E-state index >= 15 is 0 Å². The molecule has 0 aliphatic heterocycles. The molecule has 0 aromatic heterocycles. The molecule has 2 aromatic carbocycles. The number of nitro groups is 2. The number of carbonyl (C=O) groups excluding carboxylic acids is 1. The predicted octanol–water partition coefficient (Wildman–Crippen LogP) is 3.41. The highest BCUT2D eigenvalue weighted by Crippen LogP contribution is 2.27. The van der Waals surface area contributed by atoms with Crippen molar-refractivity contribution >= 4 is 34.6 Å². The van der Waals surface area contributed by atoms with Crippen LogP contribution in [0, 0.1) is 20.2 Å². The maximum atomic E-state index is 12.2. The summed E-state index contributed by atoms with van der Waals surface area (Å²) in [7, 11) is 0. The second kappa shape index (κ2) is 6.19. The molecule has 2 rings (SSSR count). The quantitative estimate of drug-likeness (QED) is 0.684. The van der Waals surface area contributed by atoms with E-state index in [9.17, 15) is 25.0 Å². The number of hydrogen-bond donors (Lipinski definition) is 1. The summed E-state index contributed by atoms with van der Waals surface area (Å²) in [5.41, 5.74) is -1.11. The summed E-state index contributed by atoms with van der Waals surface area (Å²) in [6.07, 6.45) is 0. The van der Waals surface area contributed by atoms with Gasteiger partial charge in [-0.25, -0.2) is 0 Å². The number of benzene rings is 2. The Hall–Kier alpha value is -3.00. The zero-order valence-corrected chi connectivity index (χ0v) is 11.6. The van der Waals surface area contributed by atoms with Gasteiger partial charge in [-0.05, 0) is 18.2 Å². The van der Waals surface area contributed by atoms with Crippen molar-refractivity contribution in [1.29, 1.82) is 0 Å². The van der Waals surface area contributed by atoms with Gasteiger partial charge in [0.2, 0.25) is 0 Å². The summed E-state index contributed by atoms with van der Waals surface area (Å²) in [4.78, 5) is 32.6. The molecule has 0 heterocycles. The van der Waals surface area contributed by atoms with Gasteiger partial charge in [-0.1, -0.05) is 23.7 Å². The summed E-state index contributed by atoms with van der Waals surface area (Å²) in [5.74, 6) is -0.858. The molecule has 8 nitrogen and oxygen atoms in total. The van der Waals surface area contributed by atoms with Crippen LogP contribution in [-0.4, -0.2) is 15.8 Å². The molecule has 112 valence electrons. The fourth-order valence-electron chi connectivity index (χ4n) is 1.78. The summed E-state index contributed by atoms with van der Waals surface area (Å²) in [6.45, 7) is 0. The number of amides is 1. The van der Waals surface area contributed by atoms with Crippen LogP contribution in [0.2, 0.25) is 5.02 Å². The van der Waals surface area contributed by atoms with E-state index in [0.717, 1.165) is 12.1 Å². The number of rotatable bonds is 4. The fourth-order valence-corrected chi connectivity index (χ4v) is 1.95. The first kappa shape index (κ1) is 15.4. The van der Waals surface area contributed by atoms with Gasteiger partial charge in [-0.2, -0.15) is 0 Å². The molecule has 0 unspecified atom stereocenters. The number of nitrogens with one attached hydrogen (secondary N) is 1. The van der Waals surface area contributed by atoms with Crippen LogP contribution >= 0.6 is 11.6 Å². The lowest BCUT2D eigenvalue weighted by Crippen LogP contribution is -2.15. The Kier molecular flexibility index (Phi) is 4.33. The third kappa shape index (κ3) is 3.18. The van der Waals surface area contributed by atoms with E-state index in [0.29, 0.717) is 0 Å². The zero-order valence-electron chi connectivity index (χ0n) is 10.9. The smallest absolute Gasteiger partial charge is 0.292 e. The van der Waals surface area contributed by atoms with Crippen molar-refractivity contribution in [3.8, 4) is 0 Å². The minimum atomic E-state index is -0.858. The third-order valence-electron chi connectivity index (χ3n) is 2.75. The van der Waals surface area contributed by atoms with Gasteiger partial charge in [-0.3, -0.25) is 25.0 Å². The number of anilines is 1. The van der Waals surface area contributed by atoms with Gasteiger partial charge in [0.05, 0.1) is 9.85 Å². The van der Waals surface area contributed by atoms with E-state index in [4.69, 9.17) is 11.6 Å². The molecule has 0 radical (unpaired) electrons. The number of carbonyl (C=O) groups is 1. The maximum Gasteiger partial charge on any atom is 0.292 e. The molecule has 0 aliphatic rings. The highest BCUT2D eigenvalue weighted by atomic mass is 35.5. The van der Waals surface area contributed by atoms with Gasteiger partial charge in [0, 0.05) is 17.2 Å². The molecule has 1 N–H and O–H groups in total. The van der Waals surface area contributed by atoms with E-state index in [1.807, 2.05) is 0 Å². The normalized spacial score (nSPS) is 10.0. The van der Waals surface area contributed by atoms with Crippen molar-refractivity contribution in [3.63, 3.8) is 0 Å². The Labute approximate surface area is 128 Å². The Morgan fingerprint density at radius 3 is 2.27 bits per heavy atom. The van der Waals surface area contributed by atoms with Crippen LogP contribution in [0.1, 0.15) is 10.4 Å². The highest BCUT2D eigenvalue weighted by Gasteiger charge is 2.23. The molecule has 0 spiro atoms. The lowest BCUT2D eigenvalue weighted by atomic mass is 10.1. The number of hydrogen-bond acceptors (Lipinski definition) is 5. The van der Waals surface area contributed by atoms with Gasteiger partial charge in [0.15, 0.2) is 0 Å². The van der Waals surface area contributed by atoms with E-state index in [1.54, 1.807) is 0 Å². The molecule has 9 heteroatoms. The van der Waals surface area contributed by atoms with Crippen LogP contribution in [-0.2, 0) is 0 Å². The first-order valence-corrected chi connectivity index (χ1v) is 6.26.